The van der Waals surface area contributed by atoms with E-state index in [9.17, 15) is 4.79 Å². The van der Waals surface area contributed by atoms with Gasteiger partial charge in [0.1, 0.15) is 5.75 Å². The molecule has 2 aromatic carbocycles. The molecule has 1 heterocycles. The van der Waals surface area contributed by atoms with Crippen LogP contribution in [-0.4, -0.2) is 30.5 Å². The van der Waals surface area contributed by atoms with Crippen molar-refractivity contribution in [3.63, 3.8) is 0 Å². The highest BCUT2D eigenvalue weighted by Crippen LogP contribution is 2.31. The summed E-state index contributed by atoms with van der Waals surface area (Å²) >= 11 is 0. The summed E-state index contributed by atoms with van der Waals surface area (Å²) < 4.78 is 5.21. The third-order valence-corrected chi connectivity index (χ3v) is 4.82. The summed E-state index contributed by atoms with van der Waals surface area (Å²) in [5.74, 6) is 0.984. The minimum atomic E-state index is 0.142. The first kappa shape index (κ1) is 15.1. The summed E-state index contributed by atoms with van der Waals surface area (Å²) in [4.78, 5) is 15.1. The molecule has 0 saturated heterocycles. The third-order valence-electron chi connectivity index (χ3n) is 4.82. The van der Waals surface area contributed by atoms with Crippen LogP contribution in [0.4, 0.5) is 5.69 Å². The Labute approximate surface area is 142 Å². The smallest absolute Gasteiger partial charge is 0.254 e. The molecule has 0 unspecified atom stereocenters. The van der Waals surface area contributed by atoms with E-state index in [4.69, 9.17) is 4.74 Å². The van der Waals surface area contributed by atoms with Gasteiger partial charge in [0.2, 0.25) is 0 Å². The molecular weight excluding hydrogens is 300 g/mol. The largest absolute Gasteiger partial charge is 0.497 e. The number of ether oxygens (including phenoxy) is 1. The molecule has 1 saturated carbocycles. The molecule has 1 N–H and O–H groups in total. The van der Waals surface area contributed by atoms with Gasteiger partial charge in [-0.25, -0.2) is 0 Å². The second kappa shape index (κ2) is 6.19. The van der Waals surface area contributed by atoms with E-state index in [1.807, 2.05) is 41.3 Å². The fourth-order valence-corrected chi connectivity index (χ4v) is 3.28. The number of rotatable bonds is 5. The molecular formula is C20H22N2O2. The Kier molecular flexibility index (Phi) is 3.89. The fourth-order valence-electron chi connectivity index (χ4n) is 3.28. The summed E-state index contributed by atoms with van der Waals surface area (Å²) in [5.41, 5.74) is 4.36. The molecule has 4 heteroatoms. The highest BCUT2D eigenvalue weighted by atomic mass is 16.5. The van der Waals surface area contributed by atoms with E-state index in [2.05, 4.69) is 11.4 Å². The molecule has 0 spiro atoms. The van der Waals surface area contributed by atoms with Gasteiger partial charge in [0.25, 0.3) is 5.91 Å². The van der Waals surface area contributed by atoms with Crippen molar-refractivity contribution in [2.24, 2.45) is 0 Å². The van der Waals surface area contributed by atoms with Gasteiger partial charge >= 0.3 is 0 Å². The van der Waals surface area contributed by atoms with Crippen LogP contribution in [-0.2, 0) is 13.0 Å². The molecule has 4 nitrogen and oxygen atoms in total. The molecule has 2 aliphatic rings. The van der Waals surface area contributed by atoms with Crippen LogP contribution in [0.2, 0.25) is 0 Å². The Hall–Kier alpha value is -2.49. The van der Waals surface area contributed by atoms with Gasteiger partial charge in [-0.3, -0.25) is 4.79 Å². The fraction of sp³-hybridized carbons (Fsp3) is 0.350. The zero-order valence-electron chi connectivity index (χ0n) is 13.9. The predicted molar refractivity (Wildman–Crippen MR) is 94.5 cm³/mol. The van der Waals surface area contributed by atoms with E-state index in [1.54, 1.807) is 7.11 Å². The first-order chi connectivity index (χ1) is 11.7. The van der Waals surface area contributed by atoms with Crippen molar-refractivity contribution in [2.75, 3.05) is 19.0 Å². The Morgan fingerprint density at radius 2 is 2.00 bits per heavy atom. The number of anilines is 1. The van der Waals surface area contributed by atoms with Gasteiger partial charge in [-0.2, -0.15) is 0 Å². The minimum Gasteiger partial charge on any atom is -0.497 e. The maximum absolute atomic E-state index is 13.0. The molecule has 0 atom stereocenters. The van der Waals surface area contributed by atoms with Crippen molar-refractivity contribution in [2.45, 2.75) is 31.8 Å². The SMILES string of the molecule is COc1ccc(CN(C(=O)c2ccc3c(c2)CCN3)C2CC2)cc1. The van der Waals surface area contributed by atoms with Crippen molar-refractivity contribution >= 4 is 11.6 Å². The lowest BCUT2D eigenvalue weighted by Crippen LogP contribution is -2.32. The highest BCUT2D eigenvalue weighted by Gasteiger charge is 2.33. The highest BCUT2D eigenvalue weighted by molar-refractivity contribution is 5.95. The maximum Gasteiger partial charge on any atom is 0.254 e. The predicted octanol–water partition coefficient (Wildman–Crippen LogP) is 3.47. The molecule has 1 amide bonds. The lowest BCUT2D eigenvalue weighted by Gasteiger charge is -2.23. The second-order valence-corrected chi connectivity index (χ2v) is 6.56. The van der Waals surface area contributed by atoms with E-state index in [0.717, 1.165) is 42.7 Å². The summed E-state index contributed by atoms with van der Waals surface area (Å²) in [6.07, 6.45) is 3.21. The van der Waals surface area contributed by atoms with Crippen LogP contribution >= 0.6 is 0 Å². The van der Waals surface area contributed by atoms with E-state index in [1.165, 1.54) is 11.3 Å². The van der Waals surface area contributed by atoms with Crippen LogP contribution in [0.5, 0.6) is 5.75 Å². The van der Waals surface area contributed by atoms with Gasteiger partial charge in [-0.05, 0) is 60.7 Å². The number of benzene rings is 2. The molecule has 124 valence electrons. The average molecular weight is 322 g/mol. The summed E-state index contributed by atoms with van der Waals surface area (Å²) in [7, 11) is 1.66. The molecule has 0 aromatic heterocycles. The molecule has 0 bridgehead atoms. The van der Waals surface area contributed by atoms with Crippen LogP contribution in [0.3, 0.4) is 0 Å². The number of nitrogens with one attached hydrogen (secondary N) is 1. The first-order valence-corrected chi connectivity index (χ1v) is 8.55. The summed E-state index contributed by atoms with van der Waals surface area (Å²) in [6, 6.07) is 14.4. The Bertz CT molecular complexity index is 751. The number of fused-ring (bicyclic) bond motifs is 1. The topological polar surface area (TPSA) is 41.6 Å². The average Bonchev–Trinajstić information content (AvgIpc) is 3.36. The van der Waals surface area contributed by atoms with E-state index >= 15 is 0 Å². The Morgan fingerprint density at radius 3 is 2.71 bits per heavy atom. The van der Waals surface area contributed by atoms with Crippen LogP contribution in [0.25, 0.3) is 0 Å². The molecule has 1 fully saturated rings. The second-order valence-electron chi connectivity index (χ2n) is 6.56. The van der Waals surface area contributed by atoms with E-state index in [0.29, 0.717) is 12.6 Å². The van der Waals surface area contributed by atoms with Gasteiger partial charge in [0.15, 0.2) is 0 Å². The zero-order valence-corrected chi connectivity index (χ0v) is 13.9. The lowest BCUT2D eigenvalue weighted by molar-refractivity contribution is 0.0730. The van der Waals surface area contributed by atoms with E-state index in [-0.39, 0.29) is 5.91 Å². The monoisotopic (exact) mass is 322 g/mol. The number of nitrogens with zero attached hydrogens (tertiary/aromatic N) is 1. The molecule has 24 heavy (non-hydrogen) atoms. The number of carbonyl (C=O) groups is 1. The normalized spacial score (nSPS) is 15.5. The molecule has 2 aromatic rings. The maximum atomic E-state index is 13.0. The van der Waals surface area contributed by atoms with Gasteiger partial charge < -0.3 is 15.0 Å². The third kappa shape index (κ3) is 2.96. The number of methoxy groups -OCH3 is 1. The standard InChI is InChI=1S/C20H22N2O2/c1-24-18-7-2-14(3-8-18)13-22(17-5-6-17)20(23)16-4-9-19-15(12-16)10-11-21-19/h2-4,7-9,12,17,21H,5-6,10-11,13H2,1H3. The zero-order chi connectivity index (χ0) is 16.5. The first-order valence-electron chi connectivity index (χ1n) is 8.55. The number of amides is 1. The molecule has 4 rings (SSSR count). The van der Waals surface area contributed by atoms with Crippen LogP contribution in [0.1, 0.15) is 34.3 Å². The number of hydrogen-bond donors (Lipinski definition) is 1. The number of carbonyl (C=O) groups excluding carboxylic acids is 1. The van der Waals surface area contributed by atoms with Crippen molar-refractivity contribution < 1.29 is 9.53 Å². The van der Waals surface area contributed by atoms with Crippen molar-refractivity contribution in [1.82, 2.24) is 4.90 Å². The Morgan fingerprint density at radius 1 is 1.21 bits per heavy atom. The lowest BCUT2D eigenvalue weighted by atomic mass is 10.1. The summed E-state index contributed by atoms with van der Waals surface area (Å²) in [5, 5.41) is 3.34. The van der Waals surface area contributed by atoms with Crippen LogP contribution in [0.15, 0.2) is 42.5 Å². The molecule has 1 aliphatic heterocycles. The van der Waals surface area contributed by atoms with Crippen molar-refractivity contribution in [3.8, 4) is 5.75 Å². The van der Waals surface area contributed by atoms with Crippen molar-refractivity contribution in [3.05, 3.63) is 59.2 Å². The van der Waals surface area contributed by atoms with Crippen LogP contribution < -0.4 is 10.1 Å². The van der Waals surface area contributed by atoms with Gasteiger partial charge in [-0.15, -0.1) is 0 Å². The van der Waals surface area contributed by atoms with Crippen LogP contribution in [0, 0.1) is 0 Å². The molecule has 1 aliphatic carbocycles. The molecule has 0 radical (unpaired) electrons. The number of hydrogen-bond acceptors (Lipinski definition) is 3. The Balaban J connectivity index is 1.55. The van der Waals surface area contributed by atoms with Gasteiger partial charge in [-0.1, -0.05) is 12.1 Å². The van der Waals surface area contributed by atoms with Gasteiger partial charge in [0.05, 0.1) is 7.11 Å². The minimum absolute atomic E-state index is 0.142. The van der Waals surface area contributed by atoms with Gasteiger partial charge in [0, 0.05) is 30.4 Å². The van der Waals surface area contributed by atoms with E-state index < -0.39 is 0 Å². The van der Waals surface area contributed by atoms with Crippen molar-refractivity contribution in [1.29, 1.82) is 0 Å². The summed E-state index contributed by atoms with van der Waals surface area (Å²) in [6.45, 7) is 1.62. The quantitative estimate of drug-likeness (QED) is 0.916.